The lowest BCUT2D eigenvalue weighted by atomic mass is 9.91. The van der Waals surface area contributed by atoms with E-state index in [1.165, 1.54) is 16.3 Å². The molecular formula is C27H20FN. The smallest absolute Gasteiger partial charge is 0.124 e. The first kappa shape index (κ1) is 17.4. The van der Waals surface area contributed by atoms with Crippen molar-refractivity contribution < 1.29 is 4.39 Å². The molecule has 0 saturated heterocycles. The highest BCUT2D eigenvalue weighted by Crippen LogP contribution is 2.37. The van der Waals surface area contributed by atoms with Gasteiger partial charge < -0.3 is 5.73 Å². The number of hydrogen-bond acceptors (Lipinski definition) is 1. The van der Waals surface area contributed by atoms with Gasteiger partial charge in [-0.25, -0.2) is 4.39 Å². The Kier molecular flexibility index (Phi) is 4.06. The summed E-state index contributed by atoms with van der Waals surface area (Å²) in [6.45, 7) is 2.12. The third-order valence-electron chi connectivity index (χ3n) is 5.55. The zero-order valence-electron chi connectivity index (χ0n) is 16.1. The van der Waals surface area contributed by atoms with E-state index in [9.17, 15) is 4.39 Å². The molecular weight excluding hydrogens is 357 g/mol. The number of fused-ring (bicyclic) bond motifs is 2. The van der Waals surface area contributed by atoms with Crippen LogP contribution < -0.4 is 5.73 Å². The van der Waals surface area contributed by atoms with Crippen LogP contribution in [0, 0.1) is 12.7 Å². The molecule has 5 aromatic rings. The van der Waals surface area contributed by atoms with Gasteiger partial charge in [0.05, 0.1) is 0 Å². The van der Waals surface area contributed by atoms with Crippen LogP contribution in [0.1, 0.15) is 5.56 Å². The Morgan fingerprint density at radius 2 is 1.28 bits per heavy atom. The topological polar surface area (TPSA) is 26.0 Å². The molecule has 29 heavy (non-hydrogen) atoms. The van der Waals surface area contributed by atoms with E-state index >= 15 is 0 Å². The van der Waals surface area contributed by atoms with E-state index in [-0.39, 0.29) is 5.82 Å². The van der Waals surface area contributed by atoms with E-state index in [0.29, 0.717) is 5.69 Å². The summed E-state index contributed by atoms with van der Waals surface area (Å²) in [5.74, 6) is -0.247. The van der Waals surface area contributed by atoms with Crippen molar-refractivity contribution in [3.8, 4) is 22.3 Å². The second kappa shape index (κ2) is 6.75. The predicted molar refractivity (Wildman–Crippen MR) is 121 cm³/mol. The molecule has 0 fully saturated rings. The normalized spacial score (nSPS) is 11.2. The van der Waals surface area contributed by atoms with Crippen molar-refractivity contribution in [2.45, 2.75) is 6.92 Å². The molecule has 2 N–H and O–H groups in total. The average molecular weight is 377 g/mol. The monoisotopic (exact) mass is 377 g/mol. The van der Waals surface area contributed by atoms with Crippen LogP contribution >= 0.6 is 0 Å². The van der Waals surface area contributed by atoms with Crippen LogP contribution in [-0.4, -0.2) is 0 Å². The Labute approximate surface area is 169 Å². The number of halogens is 1. The lowest BCUT2D eigenvalue weighted by Crippen LogP contribution is -1.92. The van der Waals surface area contributed by atoms with Gasteiger partial charge in [0.2, 0.25) is 0 Å². The van der Waals surface area contributed by atoms with Crippen LogP contribution in [0.15, 0.2) is 91.0 Å². The van der Waals surface area contributed by atoms with E-state index in [1.807, 2.05) is 36.4 Å². The maximum absolute atomic E-state index is 14.3. The number of aryl methyl sites for hydroxylation is 1. The number of benzene rings is 5. The molecule has 0 bridgehead atoms. The fraction of sp³-hybridized carbons (Fsp3) is 0.0370. The van der Waals surface area contributed by atoms with Gasteiger partial charge in [-0.05, 0) is 86.6 Å². The highest BCUT2D eigenvalue weighted by Gasteiger charge is 2.11. The molecule has 0 aliphatic carbocycles. The Balaban J connectivity index is 1.78. The maximum atomic E-state index is 14.3. The summed E-state index contributed by atoms with van der Waals surface area (Å²) in [5.41, 5.74) is 12.1. The largest absolute Gasteiger partial charge is 0.399 e. The number of nitrogen functional groups attached to an aromatic ring is 1. The van der Waals surface area contributed by atoms with E-state index in [4.69, 9.17) is 5.73 Å². The maximum Gasteiger partial charge on any atom is 0.124 e. The van der Waals surface area contributed by atoms with E-state index in [1.54, 1.807) is 12.1 Å². The molecule has 0 saturated carbocycles. The highest BCUT2D eigenvalue weighted by molar-refractivity contribution is 6.01. The van der Waals surface area contributed by atoms with E-state index < -0.39 is 0 Å². The van der Waals surface area contributed by atoms with Crippen LogP contribution in [0.5, 0.6) is 0 Å². The first-order valence-electron chi connectivity index (χ1n) is 9.68. The van der Waals surface area contributed by atoms with Gasteiger partial charge in [-0.3, -0.25) is 0 Å². The number of nitrogens with two attached hydrogens (primary N) is 1. The second-order valence-corrected chi connectivity index (χ2v) is 7.49. The van der Waals surface area contributed by atoms with Gasteiger partial charge in [0, 0.05) is 5.69 Å². The Bertz CT molecular complexity index is 1380. The van der Waals surface area contributed by atoms with Crippen molar-refractivity contribution in [3.63, 3.8) is 0 Å². The van der Waals surface area contributed by atoms with Crippen molar-refractivity contribution in [1.82, 2.24) is 0 Å². The molecule has 0 aliphatic rings. The molecule has 1 nitrogen and oxygen atoms in total. The average Bonchev–Trinajstić information content (AvgIpc) is 2.73. The molecule has 0 radical (unpaired) electrons. The minimum atomic E-state index is -0.247. The molecule has 0 atom stereocenters. The zero-order chi connectivity index (χ0) is 20.0. The van der Waals surface area contributed by atoms with Crippen LogP contribution in [0.25, 0.3) is 43.8 Å². The minimum absolute atomic E-state index is 0.247. The highest BCUT2D eigenvalue weighted by atomic mass is 19.1. The third-order valence-corrected chi connectivity index (χ3v) is 5.55. The Morgan fingerprint density at radius 3 is 2.07 bits per heavy atom. The quantitative estimate of drug-likeness (QED) is 0.320. The third kappa shape index (κ3) is 3.03. The summed E-state index contributed by atoms with van der Waals surface area (Å²) in [5, 5.41) is 4.31. The van der Waals surface area contributed by atoms with Crippen molar-refractivity contribution in [2.24, 2.45) is 0 Å². The molecule has 0 aromatic heterocycles. The van der Waals surface area contributed by atoms with Crippen LogP contribution in [0.4, 0.5) is 10.1 Å². The molecule has 2 heteroatoms. The summed E-state index contributed by atoms with van der Waals surface area (Å²) >= 11 is 0. The van der Waals surface area contributed by atoms with Gasteiger partial charge >= 0.3 is 0 Å². The van der Waals surface area contributed by atoms with Crippen molar-refractivity contribution >= 4 is 27.2 Å². The van der Waals surface area contributed by atoms with Crippen molar-refractivity contribution in [1.29, 1.82) is 0 Å². The predicted octanol–water partition coefficient (Wildman–Crippen LogP) is 7.36. The van der Waals surface area contributed by atoms with Gasteiger partial charge in [-0.1, -0.05) is 60.7 Å². The SMILES string of the molecule is Cc1ccc(-c2cc(N)cc(-c3cc(F)cc4ccccc34)c2)c2ccccc12. The number of rotatable bonds is 2. The Morgan fingerprint density at radius 1 is 0.621 bits per heavy atom. The molecule has 0 amide bonds. The summed E-state index contributed by atoms with van der Waals surface area (Å²) in [6, 6.07) is 29.7. The lowest BCUT2D eigenvalue weighted by molar-refractivity contribution is 0.630. The molecule has 5 rings (SSSR count). The summed E-state index contributed by atoms with van der Waals surface area (Å²) in [4.78, 5) is 0. The van der Waals surface area contributed by atoms with Gasteiger partial charge in [-0.2, -0.15) is 0 Å². The van der Waals surface area contributed by atoms with Crippen LogP contribution in [0.3, 0.4) is 0 Å². The zero-order valence-corrected chi connectivity index (χ0v) is 16.1. The Hall–Kier alpha value is -3.65. The van der Waals surface area contributed by atoms with Gasteiger partial charge in [0.15, 0.2) is 0 Å². The summed E-state index contributed by atoms with van der Waals surface area (Å²) in [7, 11) is 0. The molecule has 0 aliphatic heterocycles. The lowest BCUT2D eigenvalue weighted by Gasteiger charge is -2.13. The standard InChI is InChI=1S/C27H20FN/c1-17-10-11-25(26-9-5-4-7-23(17)26)19-12-20(15-22(29)14-19)27-16-21(28)13-18-6-2-3-8-24(18)27/h2-16H,29H2,1H3. The molecule has 0 heterocycles. The van der Waals surface area contributed by atoms with E-state index in [0.717, 1.165) is 33.0 Å². The first-order chi connectivity index (χ1) is 14.1. The number of anilines is 1. The minimum Gasteiger partial charge on any atom is -0.399 e. The summed E-state index contributed by atoms with van der Waals surface area (Å²) in [6.07, 6.45) is 0. The second-order valence-electron chi connectivity index (χ2n) is 7.49. The molecule has 140 valence electrons. The molecule has 5 aromatic carbocycles. The molecule has 0 spiro atoms. The fourth-order valence-electron chi connectivity index (χ4n) is 4.18. The fourth-order valence-corrected chi connectivity index (χ4v) is 4.18. The summed E-state index contributed by atoms with van der Waals surface area (Å²) < 4.78 is 14.3. The number of hydrogen-bond donors (Lipinski definition) is 1. The van der Waals surface area contributed by atoms with Crippen molar-refractivity contribution in [2.75, 3.05) is 5.73 Å². The van der Waals surface area contributed by atoms with Gasteiger partial charge in [0.25, 0.3) is 0 Å². The van der Waals surface area contributed by atoms with Crippen molar-refractivity contribution in [3.05, 3.63) is 102 Å². The van der Waals surface area contributed by atoms with Gasteiger partial charge in [-0.15, -0.1) is 0 Å². The van der Waals surface area contributed by atoms with Gasteiger partial charge in [0.1, 0.15) is 5.82 Å². The van der Waals surface area contributed by atoms with Crippen LogP contribution in [-0.2, 0) is 0 Å². The van der Waals surface area contributed by atoms with E-state index in [2.05, 4.69) is 49.4 Å². The van der Waals surface area contributed by atoms with Crippen LogP contribution in [0.2, 0.25) is 0 Å². The molecule has 0 unspecified atom stereocenters. The first-order valence-corrected chi connectivity index (χ1v) is 9.68.